The summed E-state index contributed by atoms with van der Waals surface area (Å²) in [5, 5.41) is 11.3. The number of nitro benzene ring substituents is 1. The van der Waals surface area contributed by atoms with Crippen LogP contribution in [0.4, 0.5) is 16.2 Å². The van der Waals surface area contributed by atoms with E-state index >= 15 is 0 Å². The van der Waals surface area contributed by atoms with Gasteiger partial charge in [0.1, 0.15) is 11.4 Å². The summed E-state index contributed by atoms with van der Waals surface area (Å²) < 4.78 is 10.5. The lowest BCUT2D eigenvalue weighted by molar-refractivity contribution is -0.385. The fraction of sp³-hybridized carbons (Fsp3) is 0.471. The van der Waals surface area contributed by atoms with Gasteiger partial charge in [-0.15, -0.1) is 0 Å². The Kier molecular flexibility index (Phi) is 5.20. The molecule has 25 heavy (non-hydrogen) atoms. The lowest BCUT2D eigenvalue weighted by Gasteiger charge is -2.29. The van der Waals surface area contributed by atoms with Gasteiger partial charge in [0, 0.05) is 19.2 Å². The molecule has 0 spiro atoms. The number of ether oxygens (including phenoxy) is 2. The molecule has 1 aliphatic rings. The van der Waals surface area contributed by atoms with Gasteiger partial charge in [-0.05, 0) is 38.8 Å². The SMILES string of the molecule is COc1cc(C2=CCN(C(=O)OC(C)(C)C)CC2)c([N+](=O)[O-])cc1N. The molecule has 0 saturated heterocycles. The minimum Gasteiger partial charge on any atom is -0.495 e. The van der Waals surface area contributed by atoms with Gasteiger partial charge in [-0.2, -0.15) is 0 Å². The van der Waals surface area contributed by atoms with Gasteiger partial charge >= 0.3 is 6.09 Å². The van der Waals surface area contributed by atoms with Crippen LogP contribution in [0.5, 0.6) is 5.75 Å². The Bertz CT molecular complexity index is 722. The van der Waals surface area contributed by atoms with Gasteiger partial charge in [0.15, 0.2) is 0 Å². The van der Waals surface area contributed by atoms with Gasteiger partial charge in [-0.25, -0.2) is 4.79 Å². The predicted molar refractivity (Wildman–Crippen MR) is 94.5 cm³/mol. The van der Waals surface area contributed by atoms with E-state index in [4.69, 9.17) is 15.2 Å². The lowest BCUT2D eigenvalue weighted by Crippen LogP contribution is -2.39. The maximum atomic E-state index is 12.1. The summed E-state index contributed by atoms with van der Waals surface area (Å²) in [6.07, 6.45) is 1.88. The molecule has 0 radical (unpaired) electrons. The van der Waals surface area contributed by atoms with Crippen LogP contribution >= 0.6 is 0 Å². The molecule has 1 aliphatic heterocycles. The molecule has 0 fully saturated rings. The minimum atomic E-state index is -0.565. The molecule has 0 atom stereocenters. The van der Waals surface area contributed by atoms with E-state index in [1.807, 2.05) is 0 Å². The van der Waals surface area contributed by atoms with Crippen molar-refractivity contribution in [2.75, 3.05) is 25.9 Å². The summed E-state index contributed by atoms with van der Waals surface area (Å²) in [4.78, 5) is 24.5. The molecule has 136 valence electrons. The van der Waals surface area contributed by atoms with E-state index in [0.29, 0.717) is 30.8 Å². The first-order valence-corrected chi connectivity index (χ1v) is 7.91. The van der Waals surface area contributed by atoms with Crippen LogP contribution in [0.2, 0.25) is 0 Å². The predicted octanol–water partition coefficient (Wildman–Crippen LogP) is 3.21. The van der Waals surface area contributed by atoms with Gasteiger partial charge in [-0.1, -0.05) is 6.08 Å². The number of nitrogens with two attached hydrogens (primary N) is 1. The number of amides is 1. The topological polar surface area (TPSA) is 108 Å². The Morgan fingerprint density at radius 3 is 2.52 bits per heavy atom. The van der Waals surface area contributed by atoms with E-state index < -0.39 is 16.6 Å². The summed E-state index contributed by atoms with van der Waals surface area (Å²) in [6.45, 7) is 6.17. The van der Waals surface area contributed by atoms with Gasteiger partial charge in [0.25, 0.3) is 5.69 Å². The molecule has 2 N–H and O–H groups in total. The Labute approximate surface area is 146 Å². The molecular weight excluding hydrogens is 326 g/mol. The van der Waals surface area contributed by atoms with Crippen LogP contribution in [0.15, 0.2) is 18.2 Å². The number of carbonyl (C=O) groups excluding carboxylic acids is 1. The van der Waals surface area contributed by atoms with E-state index in [0.717, 1.165) is 5.57 Å². The highest BCUT2D eigenvalue weighted by Crippen LogP contribution is 2.37. The second-order valence-corrected chi connectivity index (χ2v) is 6.77. The summed E-state index contributed by atoms with van der Waals surface area (Å²) in [5.74, 6) is 0.385. The van der Waals surface area contributed by atoms with Gasteiger partial charge in [0.05, 0.1) is 23.3 Å². The molecule has 0 saturated carbocycles. The van der Waals surface area contributed by atoms with Gasteiger partial charge in [-0.3, -0.25) is 10.1 Å². The average Bonchev–Trinajstić information content (AvgIpc) is 2.53. The van der Waals surface area contributed by atoms with Gasteiger partial charge in [0.2, 0.25) is 0 Å². The average molecular weight is 349 g/mol. The van der Waals surface area contributed by atoms with Gasteiger partial charge < -0.3 is 20.1 Å². The van der Waals surface area contributed by atoms with Crippen LogP contribution in [-0.2, 0) is 4.74 Å². The molecule has 8 nitrogen and oxygen atoms in total. The van der Waals surface area contributed by atoms with Crippen molar-refractivity contribution in [3.63, 3.8) is 0 Å². The summed E-state index contributed by atoms with van der Waals surface area (Å²) >= 11 is 0. The summed E-state index contributed by atoms with van der Waals surface area (Å²) in [5.41, 5.74) is 6.58. The third-order valence-corrected chi connectivity index (χ3v) is 3.75. The second-order valence-electron chi connectivity index (χ2n) is 6.77. The van der Waals surface area contributed by atoms with E-state index in [9.17, 15) is 14.9 Å². The third-order valence-electron chi connectivity index (χ3n) is 3.75. The van der Waals surface area contributed by atoms with Crippen LogP contribution in [0, 0.1) is 10.1 Å². The first-order valence-electron chi connectivity index (χ1n) is 7.91. The van der Waals surface area contributed by atoms with Crippen molar-refractivity contribution in [2.24, 2.45) is 0 Å². The molecule has 2 rings (SSSR count). The maximum Gasteiger partial charge on any atom is 0.410 e. The second kappa shape index (κ2) is 7.00. The number of anilines is 1. The van der Waals surface area contributed by atoms with Crippen molar-refractivity contribution in [3.8, 4) is 5.75 Å². The van der Waals surface area contributed by atoms with Crippen molar-refractivity contribution in [2.45, 2.75) is 32.8 Å². The molecule has 1 aromatic carbocycles. The van der Waals surface area contributed by atoms with Crippen LogP contribution < -0.4 is 10.5 Å². The maximum absolute atomic E-state index is 12.1. The molecule has 1 heterocycles. The number of hydrogen-bond acceptors (Lipinski definition) is 6. The number of methoxy groups -OCH3 is 1. The van der Waals surface area contributed by atoms with Crippen molar-refractivity contribution >= 4 is 23.0 Å². The molecule has 8 heteroatoms. The fourth-order valence-corrected chi connectivity index (χ4v) is 2.58. The van der Waals surface area contributed by atoms with Crippen molar-refractivity contribution < 1.29 is 19.2 Å². The number of nitrogen functional groups attached to an aromatic ring is 1. The summed E-state index contributed by atoms with van der Waals surface area (Å²) in [6, 6.07) is 2.87. The molecule has 0 bridgehead atoms. The number of benzene rings is 1. The highest BCUT2D eigenvalue weighted by molar-refractivity contribution is 5.79. The third kappa shape index (κ3) is 4.40. The normalized spacial score (nSPS) is 14.7. The zero-order valence-electron chi connectivity index (χ0n) is 14.9. The quantitative estimate of drug-likeness (QED) is 0.510. The van der Waals surface area contributed by atoms with Crippen LogP contribution in [0.25, 0.3) is 5.57 Å². The molecular formula is C17H23N3O5. The van der Waals surface area contributed by atoms with Crippen LogP contribution in [0.1, 0.15) is 32.8 Å². The molecule has 0 aromatic heterocycles. The van der Waals surface area contributed by atoms with E-state index in [-0.39, 0.29) is 11.4 Å². The van der Waals surface area contributed by atoms with Crippen LogP contribution in [0.3, 0.4) is 0 Å². The Morgan fingerprint density at radius 2 is 2.04 bits per heavy atom. The Hall–Kier alpha value is -2.77. The van der Waals surface area contributed by atoms with Crippen LogP contribution in [-0.4, -0.2) is 41.7 Å². The smallest absolute Gasteiger partial charge is 0.410 e. The number of hydrogen-bond donors (Lipinski definition) is 1. The zero-order valence-corrected chi connectivity index (χ0v) is 14.9. The Morgan fingerprint density at radius 1 is 1.36 bits per heavy atom. The highest BCUT2D eigenvalue weighted by Gasteiger charge is 2.27. The monoisotopic (exact) mass is 349 g/mol. The molecule has 0 unspecified atom stereocenters. The summed E-state index contributed by atoms with van der Waals surface area (Å²) in [7, 11) is 1.46. The van der Waals surface area contributed by atoms with Crippen molar-refractivity contribution in [3.05, 3.63) is 33.9 Å². The lowest BCUT2D eigenvalue weighted by atomic mass is 9.97. The molecule has 1 aromatic rings. The number of rotatable bonds is 3. The fourth-order valence-electron chi connectivity index (χ4n) is 2.58. The minimum absolute atomic E-state index is 0.0738. The number of nitro groups is 1. The van der Waals surface area contributed by atoms with Crippen molar-refractivity contribution in [1.29, 1.82) is 0 Å². The first-order chi connectivity index (χ1) is 11.6. The standard InChI is InChI=1S/C17H23N3O5/c1-17(2,3)25-16(21)19-7-5-11(6-8-19)12-9-15(24-4)13(18)10-14(12)20(22)23/h5,9-10H,6-8,18H2,1-4H3. The van der Waals surface area contributed by atoms with Crippen molar-refractivity contribution in [1.82, 2.24) is 4.90 Å². The van der Waals surface area contributed by atoms with E-state index in [1.165, 1.54) is 13.2 Å². The number of nitrogens with zero attached hydrogens (tertiary/aromatic N) is 2. The first kappa shape index (κ1) is 18.6. The largest absolute Gasteiger partial charge is 0.495 e. The Balaban J connectivity index is 2.26. The highest BCUT2D eigenvalue weighted by atomic mass is 16.6. The zero-order chi connectivity index (χ0) is 18.8. The number of carbonyl (C=O) groups is 1. The van der Waals surface area contributed by atoms with E-state index in [2.05, 4.69) is 0 Å². The molecule has 0 aliphatic carbocycles. The molecule has 1 amide bonds. The van der Waals surface area contributed by atoms with E-state index in [1.54, 1.807) is 37.8 Å².